The number of nitrogens with two attached hydrogens (primary N) is 1. The van der Waals surface area contributed by atoms with E-state index in [1.54, 1.807) is 49.4 Å². The minimum Gasteiger partial charge on any atom is -0.479 e. The monoisotopic (exact) mass is 324 g/mol. The molecule has 0 aliphatic carbocycles. The van der Waals surface area contributed by atoms with Gasteiger partial charge in [-0.1, -0.05) is 23.2 Å². The second-order valence-electron chi connectivity index (χ2n) is 4.45. The quantitative estimate of drug-likeness (QED) is 0.836. The smallest absolute Gasteiger partial charge is 0.265 e. The second kappa shape index (κ2) is 6.70. The zero-order valence-electron chi connectivity index (χ0n) is 11.3. The van der Waals surface area contributed by atoms with Gasteiger partial charge in [0.2, 0.25) is 0 Å². The standard InChI is InChI=1S/C15H14Cl2N2O2/c1-9(21-14-7-2-10(16)8-13(14)17)15(20)19-12-5-3-11(18)4-6-12/h2-9H,18H2,1H3,(H,19,20)/t9-/m0/s1. The van der Waals surface area contributed by atoms with Gasteiger partial charge in [-0.15, -0.1) is 0 Å². The number of halogens is 2. The van der Waals surface area contributed by atoms with Crippen LogP contribution in [0.3, 0.4) is 0 Å². The van der Waals surface area contributed by atoms with Crippen molar-refractivity contribution in [1.29, 1.82) is 0 Å². The van der Waals surface area contributed by atoms with Crippen LogP contribution in [0.5, 0.6) is 5.75 Å². The molecule has 0 saturated carbocycles. The molecule has 2 aromatic carbocycles. The Balaban J connectivity index is 2.00. The van der Waals surface area contributed by atoms with Crippen LogP contribution in [0.4, 0.5) is 11.4 Å². The van der Waals surface area contributed by atoms with Gasteiger partial charge in [0, 0.05) is 16.4 Å². The van der Waals surface area contributed by atoms with Crippen LogP contribution in [-0.2, 0) is 4.79 Å². The molecule has 21 heavy (non-hydrogen) atoms. The summed E-state index contributed by atoms with van der Waals surface area (Å²) in [6.45, 7) is 1.64. The van der Waals surface area contributed by atoms with Crippen molar-refractivity contribution in [3.8, 4) is 5.75 Å². The highest BCUT2D eigenvalue weighted by Crippen LogP contribution is 2.28. The molecule has 0 heterocycles. The zero-order valence-corrected chi connectivity index (χ0v) is 12.8. The van der Waals surface area contributed by atoms with Crippen molar-refractivity contribution in [2.45, 2.75) is 13.0 Å². The van der Waals surface area contributed by atoms with Crippen LogP contribution in [0.1, 0.15) is 6.92 Å². The Labute approximate surface area is 132 Å². The predicted molar refractivity (Wildman–Crippen MR) is 86.0 cm³/mol. The Bertz CT molecular complexity index is 645. The zero-order chi connectivity index (χ0) is 15.4. The third-order valence-electron chi connectivity index (χ3n) is 2.75. The molecule has 0 aliphatic heterocycles. The molecule has 6 heteroatoms. The summed E-state index contributed by atoms with van der Waals surface area (Å²) in [6, 6.07) is 11.7. The number of amides is 1. The van der Waals surface area contributed by atoms with E-state index in [1.807, 2.05) is 0 Å². The number of hydrogen-bond donors (Lipinski definition) is 2. The summed E-state index contributed by atoms with van der Waals surface area (Å²) >= 11 is 11.8. The number of carbonyl (C=O) groups excluding carboxylic acids is 1. The lowest BCUT2D eigenvalue weighted by atomic mass is 10.2. The first-order chi connectivity index (χ1) is 9.95. The summed E-state index contributed by atoms with van der Waals surface area (Å²) in [5.41, 5.74) is 6.86. The first kappa shape index (κ1) is 15.5. The second-order valence-corrected chi connectivity index (χ2v) is 5.29. The molecule has 1 atom stereocenters. The van der Waals surface area contributed by atoms with Gasteiger partial charge in [0.1, 0.15) is 5.75 Å². The summed E-state index contributed by atoms with van der Waals surface area (Å²) in [4.78, 5) is 12.0. The van der Waals surface area contributed by atoms with Crippen LogP contribution in [-0.4, -0.2) is 12.0 Å². The fourth-order valence-corrected chi connectivity index (χ4v) is 2.08. The third kappa shape index (κ3) is 4.28. The SMILES string of the molecule is C[C@H](Oc1ccc(Cl)cc1Cl)C(=O)Nc1ccc(N)cc1. The third-order valence-corrected chi connectivity index (χ3v) is 3.28. The summed E-state index contributed by atoms with van der Waals surface area (Å²) in [5, 5.41) is 3.59. The number of carbonyl (C=O) groups is 1. The maximum atomic E-state index is 12.0. The largest absolute Gasteiger partial charge is 0.479 e. The van der Waals surface area contributed by atoms with Crippen LogP contribution in [0, 0.1) is 0 Å². The molecule has 0 aromatic heterocycles. The number of hydrogen-bond acceptors (Lipinski definition) is 3. The lowest BCUT2D eigenvalue weighted by Crippen LogP contribution is -2.30. The molecule has 0 fully saturated rings. The van der Waals surface area contributed by atoms with Crippen LogP contribution < -0.4 is 15.8 Å². The molecular formula is C15H14Cl2N2O2. The van der Waals surface area contributed by atoms with E-state index in [4.69, 9.17) is 33.7 Å². The number of nitrogens with one attached hydrogen (secondary N) is 1. The van der Waals surface area contributed by atoms with Gasteiger partial charge in [0.15, 0.2) is 6.10 Å². The van der Waals surface area contributed by atoms with E-state index in [-0.39, 0.29) is 5.91 Å². The van der Waals surface area contributed by atoms with Gasteiger partial charge >= 0.3 is 0 Å². The molecule has 110 valence electrons. The van der Waals surface area contributed by atoms with Crippen LogP contribution in [0.25, 0.3) is 0 Å². The lowest BCUT2D eigenvalue weighted by Gasteiger charge is -2.15. The summed E-state index contributed by atoms with van der Waals surface area (Å²) < 4.78 is 5.53. The van der Waals surface area contributed by atoms with Gasteiger partial charge in [-0.05, 0) is 49.4 Å². The maximum Gasteiger partial charge on any atom is 0.265 e. The average molecular weight is 325 g/mol. The van der Waals surface area contributed by atoms with E-state index in [0.717, 1.165) is 0 Å². The first-order valence-corrected chi connectivity index (χ1v) is 6.99. The van der Waals surface area contributed by atoms with Crippen molar-refractivity contribution < 1.29 is 9.53 Å². The van der Waals surface area contributed by atoms with Crippen molar-refractivity contribution >= 4 is 40.5 Å². The number of nitrogen functional groups attached to an aromatic ring is 1. The Hall–Kier alpha value is -1.91. The fourth-order valence-electron chi connectivity index (χ4n) is 1.63. The molecule has 0 bridgehead atoms. The molecule has 0 spiro atoms. The normalized spacial score (nSPS) is 11.8. The highest BCUT2D eigenvalue weighted by molar-refractivity contribution is 6.35. The maximum absolute atomic E-state index is 12.0. The number of rotatable bonds is 4. The Morgan fingerprint density at radius 1 is 1.19 bits per heavy atom. The van der Waals surface area contributed by atoms with Gasteiger partial charge < -0.3 is 15.8 Å². The minimum atomic E-state index is -0.707. The van der Waals surface area contributed by atoms with Crippen molar-refractivity contribution in [3.63, 3.8) is 0 Å². The van der Waals surface area contributed by atoms with E-state index in [1.165, 1.54) is 0 Å². The highest BCUT2D eigenvalue weighted by atomic mass is 35.5. The van der Waals surface area contributed by atoms with Crippen LogP contribution in [0.15, 0.2) is 42.5 Å². The lowest BCUT2D eigenvalue weighted by molar-refractivity contribution is -0.122. The summed E-state index contributed by atoms with van der Waals surface area (Å²) in [6.07, 6.45) is -0.707. The molecule has 3 N–H and O–H groups in total. The van der Waals surface area contributed by atoms with Crippen LogP contribution >= 0.6 is 23.2 Å². The first-order valence-electron chi connectivity index (χ1n) is 6.24. The average Bonchev–Trinajstić information content (AvgIpc) is 2.44. The number of ether oxygens (including phenoxy) is 1. The molecular weight excluding hydrogens is 311 g/mol. The van der Waals surface area contributed by atoms with E-state index in [0.29, 0.717) is 27.2 Å². The van der Waals surface area contributed by atoms with Gasteiger partial charge in [-0.3, -0.25) is 4.79 Å². The van der Waals surface area contributed by atoms with Gasteiger partial charge in [0.25, 0.3) is 5.91 Å². The summed E-state index contributed by atoms with van der Waals surface area (Å²) in [7, 11) is 0. The number of anilines is 2. The van der Waals surface area contributed by atoms with Gasteiger partial charge in [-0.2, -0.15) is 0 Å². The number of benzene rings is 2. The van der Waals surface area contributed by atoms with E-state index < -0.39 is 6.10 Å². The molecule has 0 unspecified atom stereocenters. The van der Waals surface area contributed by atoms with Crippen LogP contribution in [0.2, 0.25) is 10.0 Å². The van der Waals surface area contributed by atoms with Gasteiger partial charge in [-0.25, -0.2) is 0 Å². The molecule has 2 aromatic rings. The molecule has 1 amide bonds. The van der Waals surface area contributed by atoms with Crippen molar-refractivity contribution in [2.75, 3.05) is 11.1 Å². The fraction of sp³-hybridized carbons (Fsp3) is 0.133. The molecule has 0 aliphatic rings. The minimum absolute atomic E-state index is 0.286. The topological polar surface area (TPSA) is 64.3 Å². The molecule has 0 saturated heterocycles. The molecule has 0 radical (unpaired) electrons. The van der Waals surface area contributed by atoms with E-state index in [9.17, 15) is 4.79 Å². The Morgan fingerprint density at radius 3 is 2.48 bits per heavy atom. The van der Waals surface area contributed by atoms with Crippen molar-refractivity contribution in [1.82, 2.24) is 0 Å². The molecule has 4 nitrogen and oxygen atoms in total. The van der Waals surface area contributed by atoms with E-state index in [2.05, 4.69) is 5.32 Å². The van der Waals surface area contributed by atoms with Crippen molar-refractivity contribution in [2.24, 2.45) is 0 Å². The highest BCUT2D eigenvalue weighted by Gasteiger charge is 2.16. The van der Waals surface area contributed by atoms with E-state index >= 15 is 0 Å². The Kier molecular flexibility index (Phi) is 4.94. The predicted octanol–water partition coefficient (Wildman–Crippen LogP) is 3.98. The van der Waals surface area contributed by atoms with Gasteiger partial charge in [0.05, 0.1) is 5.02 Å². The van der Waals surface area contributed by atoms with Crippen molar-refractivity contribution in [3.05, 3.63) is 52.5 Å². The summed E-state index contributed by atoms with van der Waals surface area (Å²) in [5.74, 6) is 0.117. The molecule has 2 rings (SSSR count). The Morgan fingerprint density at radius 2 is 1.86 bits per heavy atom.